The van der Waals surface area contributed by atoms with E-state index < -0.39 is 0 Å². The van der Waals surface area contributed by atoms with Crippen molar-refractivity contribution >= 4 is 34.0 Å². The summed E-state index contributed by atoms with van der Waals surface area (Å²) in [4.78, 5) is 3.01. The number of hydrogen-bond acceptors (Lipinski definition) is 0. The van der Waals surface area contributed by atoms with Crippen molar-refractivity contribution in [1.29, 1.82) is 0 Å². The molecule has 0 fully saturated rings. The Labute approximate surface area is 169 Å². The summed E-state index contributed by atoms with van der Waals surface area (Å²) in [7, 11) is 0. The van der Waals surface area contributed by atoms with Gasteiger partial charge in [0.1, 0.15) is 5.69 Å². The molecule has 0 amide bonds. The third-order valence-electron chi connectivity index (χ3n) is 4.55. The summed E-state index contributed by atoms with van der Waals surface area (Å²) < 4.78 is 1.97. The second kappa shape index (κ2) is 9.07. The topological polar surface area (TPSA) is 19.7 Å². The lowest BCUT2D eigenvalue weighted by molar-refractivity contribution is -0.592. The van der Waals surface area contributed by atoms with E-state index in [2.05, 4.69) is 49.2 Å². The van der Waals surface area contributed by atoms with Crippen molar-refractivity contribution in [3.63, 3.8) is 0 Å². The summed E-state index contributed by atoms with van der Waals surface area (Å²) in [5.74, 6) is 0. The molecule has 2 aromatic carbocycles. The fourth-order valence-corrected chi connectivity index (χ4v) is 3.72. The molecule has 1 N–H and O–H groups in total. The van der Waals surface area contributed by atoms with Gasteiger partial charge in [-0.25, -0.2) is 4.98 Å². The van der Waals surface area contributed by atoms with Crippen LogP contribution in [0, 0.1) is 6.92 Å². The van der Waals surface area contributed by atoms with Crippen LogP contribution in [-0.2, 0) is 6.42 Å². The summed E-state index contributed by atoms with van der Waals surface area (Å²) in [6.07, 6.45) is 7.86. The number of hydrogen-bond donors (Lipinski definition) is 1. The van der Waals surface area contributed by atoms with Gasteiger partial charge in [-0.05, 0) is 65.4 Å². The van der Waals surface area contributed by atoms with Crippen LogP contribution < -0.4 is 21.5 Å². The zero-order valence-electron chi connectivity index (χ0n) is 14.6. The van der Waals surface area contributed by atoms with Gasteiger partial charge < -0.3 is 17.0 Å². The fourth-order valence-electron chi connectivity index (χ4n) is 3.39. The monoisotopic (exact) mass is 440 g/mol. The quantitative estimate of drug-likeness (QED) is 0.447. The lowest BCUT2D eigenvalue weighted by Gasteiger charge is -2.14. The molecule has 134 valence electrons. The molecular weight excluding hydrogens is 419 g/mol. The molecule has 0 unspecified atom stereocenters. The van der Waals surface area contributed by atoms with Gasteiger partial charge in [0.25, 0.3) is 10.3 Å². The number of halogens is 3. The molecule has 1 heterocycles. The van der Waals surface area contributed by atoms with Gasteiger partial charge in [0.2, 0.25) is 6.33 Å². The van der Waals surface area contributed by atoms with E-state index in [-0.39, 0.29) is 17.0 Å². The molecule has 25 heavy (non-hydrogen) atoms. The second-order valence-electron chi connectivity index (χ2n) is 6.30. The lowest BCUT2D eigenvalue weighted by Crippen LogP contribution is -3.00. The van der Waals surface area contributed by atoms with Gasteiger partial charge in [0, 0.05) is 5.56 Å². The minimum Gasteiger partial charge on any atom is -1.00 e. The standard InChI is InChI=1S/C20H22Cl2N2.BrH/c1-3-4-5-6-11-17-16-10-8-7-9-15(16)12-14(2)18(17)24-13-23-19(21)20(24)22;/h7-10,12-13H,3-6,11H2,1-2H3;1H. The maximum Gasteiger partial charge on any atom is 0.260 e. The summed E-state index contributed by atoms with van der Waals surface area (Å²) in [5.41, 5.74) is 3.71. The van der Waals surface area contributed by atoms with Crippen LogP contribution in [0.4, 0.5) is 0 Å². The number of nitrogens with one attached hydrogen (secondary N) is 1. The van der Waals surface area contributed by atoms with Gasteiger partial charge in [-0.1, -0.05) is 50.5 Å². The van der Waals surface area contributed by atoms with Gasteiger partial charge in [-0.15, -0.1) is 0 Å². The van der Waals surface area contributed by atoms with Gasteiger partial charge in [-0.2, -0.15) is 4.57 Å². The Bertz CT molecular complexity index is 858. The molecule has 3 rings (SSSR count). The van der Waals surface area contributed by atoms with Crippen molar-refractivity contribution in [3.05, 3.63) is 58.1 Å². The number of nitrogens with zero attached hydrogens (tertiary/aromatic N) is 1. The van der Waals surface area contributed by atoms with Gasteiger partial charge in [-0.3, -0.25) is 0 Å². The first kappa shape index (κ1) is 20.3. The highest BCUT2D eigenvalue weighted by Gasteiger charge is 2.22. The van der Waals surface area contributed by atoms with E-state index >= 15 is 0 Å². The van der Waals surface area contributed by atoms with Gasteiger partial charge in [0.05, 0.1) is 0 Å². The predicted molar refractivity (Wildman–Crippen MR) is 102 cm³/mol. The van der Waals surface area contributed by atoms with Crippen LogP contribution in [0.25, 0.3) is 16.5 Å². The van der Waals surface area contributed by atoms with E-state index in [1.807, 2.05) is 10.9 Å². The van der Waals surface area contributed by atoms with Crippen molar-refractivity contribution in [2.24, 2.45) is 0 Å². The number of benzene rings is 2. The van der Waals surface area contributed by atoms with E-state index in [1.54, 1.807) is 0 Å². The minimum absolute atomic E-state index is 0. The maximum atomic E-state index is 6.42. The molecule has 5 heteroatoms. The van der Waals surface area contributed by atoms with E-state index in [9.17, 15) is 0 Å². The predicted octanol–water partition coefficient (Wildman–Crippen LogP) is 3.19. The smallest absolute Gasteiger partial charge is 0.260 e. The number of rotatable bonds is 6. The number of H-pyrrole nitrogens is 1. The van der Waals surface area contributed by atoms with Crippen LogP contribution in [-0.4, -0.2) is 4.98 Å². The molecule has 0 aliphatic heterocycles. The summed E-state index contributed by atoms with van der Waals surface area (Å²) in [6.45, 7) is 4.38. The molecule has 0 atom stereocenters. The highest BCUT2D eigenvalue weighted by atomic mass is 79.9. The van der Waals surface area contributed by atoms with Crippen LogP contribution in [0.3, 0.4) is 0 Å². The fraction of sp³-hybridized carbons (Fsp3) is 0.350. The number of aromatic nitrogens is 2. The van der Waals surface area contributed by atoms with Crippen LogP contribution in [0.5, 0.6) is 0 Å². The molecule has 0 aliphatic rings. The van der Waals surface area contributed by atoms with Gasteiger partial charge in [0.15, 0.2) is 0 Å². The second-order valence-corrected chi connectivity index (χ2v) is 7.04. The SMILES string of the molecule is CCCCCCc1c(-[n+]2c[nH]c(Cl)c2Cl)c(C)cc2ccccc12.[Br-]. The first-order valence-electron chi connectivity index (χ1n) is 8.59. The zero-order valence-corrected chi connectivity index (χ0v) is 17.7. The molecule has 2 nitrogen and oxygen atoms in total. The van der Waals surface area contributed by atoms with Crippen LogP contribution in [0.2, 0.25) is 10.3 Å². The van der Waals surface area contributed by atoms with Crippen molar-refractivity contribution in [2.45, 2.75) is 46.0 Å². The van der Waals surface area contributed by atoms with Crippen LogP contribution in [0.1, 0.15) is 43.7 Å². The van der Waals surface area contributed by atoms with Crippen LogP contribution in [0.15, 0.2) is 36.7 Å². The maximum absolute atomic E-state index is 6.42. The highest BCUT2D eigenvalue weighted by Crippen LogP contribution is 2.29. The summed E-state index contributed by atoms with van der Waals surface area (Å²) in [6, 6.07) is 10.8. The molecule has 0 saturated heterocycles. The summed E-state index contributed by atoms with van der Waals surface area (Å²) >= 11 is 12.6. The van der Waals surface area contributed by atoms with E-state index in [0.717, 1.165) is 12.1 Å². The average molecular weight is 442 g/mol. The number of unbranched alkanes of at least 4 members (excludes halogenated alkanes) is 3. The van der Waals surface area contributed by atoms with Crippen molar-refractivity contribution in [2.75, 3.05) is 0 Å². The van der Waals surface area contributed by atoms with E-state index in [4.69, 9.17) is 23.2 Å². The van der Waals surface area contributed by atoms with Crippen molar-refractivity contribution in [3.8, 4) is 5.69 Å². The van der Waals surface area contributed by atoms with E-state index in [0.29, 0.717) is 10.3 Å². The molecule has 0 spiro atoms. The first-order valence-corrected chi connectivity index (χ1v) is 9.34. The minimum atomic E-state index is 0. The third kappa shape index (κ3) is 4.21. The Hall–Kier alpha value is -1.03. The molecule has 0 bridgehead atoms. The number of aromatic amines is 1. The largest absolute Gasteiger partial charge is 1.00 e. The van der Waals surface area contributed by atoms with E-state index in [1.165, 1.54) is 47.6 Å². The number of imidazole rings is 1. The summed E-state index contributed by atoms with van der Waals surface area (Å²) in [5, 5.41) is 3.59. The van der Waals surface area contributed by atoms with Crippen LogP contribution >= 0.6 is 23.2 Å². The molecule has 0 saturated carbocycles. The first-order chi connectivity index (χ1) is 11.6. The molecule has 1 aromatic heterocycles. The van der Waals surface area contributed by atoms with Crippen molar-refractivity contribution < 1.29 is 21.5 Å². The molecule has 0 radical (unpaired) electrons. The normalized spacial score (nSPS) is 10.9. The van der Waals surface area contributed by atoms with Crippen molar-refractivity contribution in [1.82, 2.24) is 4.98 Å². The Kier molecular flexibility index (Phi) is 7.36. The highest BCUT2D eigenvalue weighted by molar-refractivity contribution is 6.39. The zero-order chi connectivity index (χ0) is 17.1. The Morgan fingerprint density at radius 3 is 2.52 bits per heavy atom. The Morgan fingerprint density at radius 2 is 1.84 bits per heavy atom. The Balaban J connectivity index is 0.00000225. The Morgan fingerprint density at radius 1 is 1.08 bits per heavy atom. The third-order valence-corrected chi connectivity index (χ3v) is 5.31. The lowest BCUT2D eigenvalue weighted by atomic mass is 9.94. The van der Waals surface area contributed by atoms with Gasteiger partial charge >= 0.3 is 0 Å². The molecule has 3 aromatic rings. The molecule has 0 aliphatic carbocycles. The number of aryl methyl sites for hydroxylation is 2. The average Bonchev–Trinajstić information content (AvgIpc) is 2.90. The number of fused-ring (bicyclic) bond motifs is 1. The molecular formula is C20H23BrCl2N2.